The molecule has 0 radical (unpaired) electrons. The van der Waals surface area contributed by atoms with Gasteiger partial charge >= 0.3 is 0 Å². The molecule has 14 heteroatoms. The second-order valence-electron chi connectivity index (χ2n) is 9.78. The minimum absolute atomic E-state index is 0.0532. The fourth-order valence-corrected chi connectivity index (χ4v) is 7.32. The predicted molar refractivity (Wildman–Crippen MR) is 154 cm³/mol. The van der Waals surface area contributed by atoms with E-state index >= 15 is 0 Å². The number of anilines is 2. The molecule has 0 fully saturated rings. The zero-order valence-corrected chi connectivity index (χ0v) is 24.5. The molecule has 1 aliphatic heterocycles. The van der Waals surface area contributed by atoms with Crippen LogP contribution in [0.2, 0.25) is 0 Å². The van der Waals surface area contributed by atoms with Crippen molar-refractivity contribution in [1.29, 1.82) is 0 Å². The van der Waals surface area contributed by atoms with E-state index in [4.69, 9.17) is 0 Å². The number of benzene rings is 3. The van der Waals surface area contributed by atoms with Gasteiger partial charge in [0.05, 0.1) is 22.3 Å². The van der Waals surface area contributed by atoms with Crippen LogP contribution in [0, 0.1) is 6.92 Å². The Labute approximate surface area is 239 Å². The first-order valence-electron chi connectivity index (χ1n) is 12.7. The monoisotopic (exact) mass is 622 g/mol. The van der Waals surface area contributed by atoms with E-state index in [2.05, 4.69) is 5.32 Å². The summed E-state index contributed by atoms with van der Waals surface area (Å²) in [5.41, 5.74) is 3.40. The standard InChI is InChI=1S/C27H30N2O9S3/c1-19-12-14-21(15-13-19)41(37,38)29(16-6-18-40(34,35)36)27(30)26-22-9-2-3-10-23(22)28-24-11-4-7-20(25(24)26)8-5-17-39(31,32)33/h2-4,7,9-15,26,28H,5-6,8,16-18H2,1H3,(H,31,32,33)(H,34,35,36). The van der Waals surface area contributed by atoms with E-state index in [1.165, 1.54) is 12.1 Å². The van der Waals surface area contributed by atoms with Gasteiger partial charge in [0.25, 0.3) is 30.3 Å². The molecule has 1 aliphatic rings. The van der Waals surface area contributed by atoms with Gasteiger partial charge in [0, 0.05) is 17.9 Å². The van der Waals surface area contributed by atoms with Gasteiger partial charge in [-0.05, 0) is 67.1 Å². The largest absolute Gasteiger partial charge is 0.355 e. The van der Waals surface area contributed by atoms with Gasteiger partial charge in [-0.1, -0.05) is 48.0 Å². The van der Waals surface area contributed by atoms with Crippen molar-refractivity contribution in [2.75, 3.05) is 23.4 Å². The molecule has 41 heavy (non-hydrogen) atoms. The number of amides is 1. The van der Waals surface area contributed by atoms with Crippen molar-refractivity contribution in [3.05, 3.63) is 89.0 Å². The third-order valence-electron chi connectivity index (χ3n) is 6.74. The Morgan fingerprint density at radius 1 is 0.805 bits per heavy atom. The van der Waals surface area contributed by atoms with E-state index in [0.717, 1.165) is 5.56 Å². The van der Waals surface area contributed by atoms with Crippen molar-refractivity contribution in [3.63, 3.8) is 0 Å². The van der Waals surface area contributed by atoms with E-state index in [1.807, 2.05) is 0 Å². The molecule has 3 N–H and O–H groups in total. The molecular weight excluding hydrogens is 593 g/mol. The van der Waals surface area contributed by atoms with Crippen LogP contribution in [-0.2, 0) is 41.5 Å². The van der Waals surface area contributed by atoms with Gasteiger partial charge in [-0.3, -0.25) is 13.9 Å². The summed E-state index contributed by atoms with van der Waals surface area (Å²) in [6.45, 7) is 1.26. The summed E-state index contributed by atoms with van der Waals surface area (Å²) < 4.78 is 92.3. The van der Waals surface area contributed by atoms with Crippen LogP contribution in [0.4, 0.5) is 11.4 Å². The minimum atomic E-state index is -4.46. The molecule has 0 aliphatic carbocycles. The quantitative estimate of drug-likeness (QED) is 0.268. The first-order chi connectivity index (χ1) is 19.2. The number of sulfonamides is 1. The molecule has 1 unspecified atom stereocenters. The summed E-state index contributed by atoms with van der Waals surface area (Å²) in [6.07, 6.45) is -0.118. The Morgan fingerprint density at radius 3 is 2.07 bits per heavy atom. The smallest absolute Gasteiger partial charge is 0.266 e. The summed E-state index contributed by atoms with van der Waals surface area (Å²) in [4.78, 5) is 14.3. The van der Waals surface area contributed by atoms with Crippen LogP contribution in [0.5, 0.6) is 0 Å². The maximum absolute atomic E-state index is 14.4. The number of rotatable bonds is 11. The zero-order chi connectivity index (χ0) is 30.0. The highest BCUT2D eigenvalue weighted by molar-refractivity contribution is 7.89. The molecule has 0 bridgehead atoms. The van der Waals surface area contributed by atoms with Crippen molar-refractivity contribution in [1.82, 2.24) is 4.31 Å². The predicted octanol–water partition coefficient (Wildman–Crippen LogP) is 3.50. The third kappa shape index (κ3) is 7.32. The van der Waals surface area contributed by atoms with Gasteiger partial charge in [0.15, 0.2) is 0 Å². The number of hydrogen-bond acceptors (Lipinski definition) is 8. The van der Waals surface area contributed by atoms with Crippen LogP contribution in [0.1, 0.15) is 41.0 Å². The van der Waals surface area contributed by atoms with Crippen molar-refractivity contribution in [2.24, 2.45) is 0 Å². The van der Waals surface area contributed by atoms with Gasteiger partial charge in [-0.2, -0.15) is 16.8 Å². The van der Waals surface area contributed by atoms with E-state index in [9.17, 15) is 39.2 Å². The second-order valence-corrected chi connectivity index (χ2v) is 14.8. The van der Waals surface area contributed by atoms with E-state index in [0.29, 0.717) is 32.4 Å². The Morgan fingerprint density at radius 2 is 1.41 bits per heavy atom. The number of para-hydroxylation sites is 1. The van der Waals surface area contributed by atoms with Crippen molar-refractivity contribution < 1.29 is 39.2 Å². The first-order valence-corrected chi connectivity index (χ1v) is 17.3. The molecule has 220 valence electrons. The molecule has 0 saturated heterocycles. The van der Waals surface area contributed by atoms with E-state index < -0.39 is 60.1 Å². The lowest BCUT2D eigenvalue weighted by molar-refractivity contribution is -0.127. The molecule has 0 saturated carbocycles. The number of hydrogen-bond donors (Lipinski definition) is 3. The third-order valence-corrected chi connectivity index (χ3v) is 10.2. The van der Waals surface area contributed by atoms with Crippen molar-refractivity contribution in [2.45, 2.75) is 37.0 Å². The second kappa shape index (κ2) is 11.9. The fourth-order valence-electron chi connectivity index (χ4n) is 4.87. The fraction of sp³-hybridized carbons (Fsp3) is 0.296. The Hall–Kier alpha value is -3.30. The molecule has 0 spiro atoms. The van der Waals surface area contributed by atoms with Crippen LogP contribution < -0.4 is 5.32 Å². The van der Waals surface area contributed by atoms with Crippen LogP contribution in [0.3, 0.4) is 0 Å². The average molecular weight is 623 g/mol. The van der Waals surface area contributed by atoms with E-state index in [1.54, 1.807) is 61.5 Å². The Kier molecular flexibility index (Phi) is 8.90. The Balaban J connectivity index is 1.84. The maximum atomic E-state index is 14.4. The van der Waals surface area contributed by atoms with Gasteiger partial charge in [0.2, 0.25) is 5.91 Å². The summed E-state index contributed by atoms with van der Waals surface area (Å²) in [5.74, 6) is -3.22. The Bertz CT molecular complexity index is 1770. The SMILES string of the molecule is Cc1ccc(S(=O)(=O)N(CCCS(=O)(=O)O)C(=O)C2c3ccccc3Nc3cccc(CCCS(=O)(=O)O)c32)cc1. The first kappa shape index (κ1) is 30.7. The number of nitrogens with one attached hydrogen (secondary N) is 1. The van der Waals surface area contributed by atoms with E-state index in [-0.39, 0.29) is 24.2 Å². The highest BCUT2D eigenvalue weighted by Gasteiger charge is 2.40. The lowest BCUT2D eigenvalue weighted by atomic mass is 9.81. The number of aryl methyl sites for hydroxylation is 2. The summed E-state index contributed by atoms with van der Waals surface area (Å²) >= 11 is 0. The summed E-state index contributed by atoms with van der Waals surface area (Å²) in [7, 11) is -13.1. The molecule has 11 nitrogen and oxygen atoms in total. The minimum Gasteiger partial charge on any atom is -0.355 e. The zero-order valence-electron chi connectivity index (χ0n) is 22.1. The van der Waals surface area contributed by atoms with Crippen LogP contribution in [0.25, 0.3) is 0 Å². The molecule has 0 aromatic heterocycles. The molecule has 1 heterocycles. The number of nitrogens with zero attached hydrogens (tertiary/aromatic N) is 1. The molecule has 4 rings (SSSR count). The van der Waals surface area contributed by atoms with Gasteiger partial charge in [-0.25, -0.2) is 12.7 Å². The maximum Gasteiger partial charge on any atom is 0.266 e. The molecule has 1 amide bonds. The van der Waals surface area contributed by atoms with Gasteiger partial charge in [-0.15, -0.1) is 0 Å². The average Bonchev–Trinajstić information content (AvgIpc) is 2.88. The van der Waals surface area contributed by atoms with Gasteiger partial charge < -0.3 is 5.32 Å². The topological polar surface area (TPSA) is 175 Å². The normalized spacial score (nSPS) is 15.0. The van der Waals surface area contributed by atoms with Crippen molar-refractivity contribution >= 4 is 47.5 Å². The summed E-state index contributed by atoms with van der Waals surface area (Å²) in [6, 6.07) is 17.9. The van der Waals surface area contributed by atoms with Crippen molar-refractivity contribution in [3.8, 4) is 0 Å². The lowest BCUT2D eigenvalue weighted by Crippen LogP contribution is -2.42. The molecule has 3 aromatic carbocycles. The number of carbonyl (C=O) groups is 1. The molecule has 1 atom stereocenters. The van der Waals surface area contributed by atoms with Crippen LogP contribution >= 0.6 is 0 Å². The van der Waals surface area contributed by atoms with Crippen LogP contribution in [-0.4, -0.2) is 62.6 Å². The number of carbonyl (C=O) groups excluding carboxylic acids is 1. The molecular formula is C27H30N2O9S3. The highest BCUT2D eigenvalue weighted by atomic mass is 32.2. The molecule has 3 aromatic rings. The number of fused-ring (bicyclic) bond motifs is 2. The highest BCUT2D eigenvalue weighted by Crippen LogP contribution is 2.44. The summed E-state index contributed by atoms with van der Waals surface area (Å²) in [5, 5.41) is 3.25. The van der Waals surface area contributed by atoms with Crippen LogP contribution in [0.15, 0.2) is 71.6 Å². The van der Waals surface area contributed by atoms with Gasteiger partial charge in [0.1, 0.15) is 0 Å². The lowest BCUT2D eigenvalue weighted by Gasteiger charge is -2.34.